The van der Waals surface area contributed by atoms with Crippen LogP contribution in [0.5, 0.6) is 0 Å². The highest BCUT2D eigenvalue weighted by atomic mass is 16.4. The molecule has 0 unspecified atom stereocenters. The molecule has 0 amide bonds. The number of hydrogen-bond donors (Lipinski definition) is 0. The largest absolute Gasteiger partial charge is 0.452 e. The Morgan fingerprint density at radius 2 is 0.921 bits per heavy atom. The van der Waals surface area contributed by atoms with Crippen molar-refractivity contribution in [1.82, 2.24) is 0 Å². The fourth-order valence-corrected chi connectivity index (χ4v) is 11.3. The van der Waals surface area contributed by atoms with Crippen molar-refractivity contribution in [2.75, 3.05) is 0 Å². The van der Waals surface area contributed by atoms with Crippen molar-refractivity contribution in [3.8, 4) is 44.5 Å². The minimum absolute atomic E-state index is 0.210. The van der Waals surface area contributed by atoms with E-state index in [2.05, 4.69) is 196 Å². The molecule has 0 N–H and O–H groups in total. The Morgan fingerprint density at radius 1 is 0.317 bits per heavy atom. The van der Waals surface area contributed by atoms with Crippen molar-refractivity contribution in [3.63, 3.8) is 0 Å². The van der Waals surface area contributed by atoms with Crippen molar-refractivity contribution in [2.45, 2.75) is 19.3 Å². The van der Waals surface area contributed by atoms with Gasteiger partial charge in [0.1, 0.15) is 11.2 Å². The molecule has 0 atom stereocenters. The minimum Gasteiger partial charge on any atom is -0.452 e. The highest BCUT2D eigenvalue weighted by Crippen LogP contribution is 2.53. The first-order chi connectivity index (χ1) is 31.0. The van der Waals surface area contributed by atoms with Crippen molar-refractivity contribution >= 4 is 87.0 Å². The van der Waals surface area contributed by atoms with Crippen LogP contribution in [-0.2, 0) is 5.41 Å². The van der Waals surface area contributed by atoms with E-state index in [9.17, 15) is 0 Å². The summed E-state index contributed by atoms with van der Waals surface area (Å²) >= 11 is 0. The lowest BCUT2D eigenvalue weighted by atomic mass is 9.80. The maximum Gasteiger partial charge on any atom is 0.178 e. The standard InChI is InChI=1S/C61H38O2/c1-61(2)52-31-27-37(50-32-36-15-4-6-18-40(36)57-49-30-29-48-42-19-11-12-25-54(42)62-59(48)60(49)63-58(50)57)33-51(52)41-28-26-38(34-53(41)61)55-44-20-7-9-22-46(44)56(47-23-10-8-21-45(47)55)43-24-13-16-35-14-3-5-17-39(35)43/h3-34H,1-2H3. The topological polar surface area (TPSA) is 26.3 Å². The maximum atomic E-state index is 7.02. The summed E-state index contributed by atoms with van der Waals surface area (Å²) in [7, 11) is 0. The number of hydrogen-bond acceptors (Lipinski definition) is 2. The molecule has 0 aliphatic heterocycles. The highest BCUT2D eigenvalue weighted by molar-refractivity contribution is 6.27. The lowest BCUT2D eigenvalue weighted by molar-refractivity contribution is 0.634. The second kappa shape index (κ2) is 12.6. The summed E-state index contributed by atoms with van der Waals surface area (Å²) in [4.78, 5) is 0. The maximum absolute atomic E-state index is 7.02. The van der Waals surface area contributed by atoms with Crippen molar-refractivity contribution in [2.24, 2.45) is 0 Å². The van der Waals surface area contributed by atoms with Gasteiger partial charge in [-0.15, -0.1) is 0 Å². The van der Waals surface area contributed by atoms with E-state index in [0.29, 0.717) is 0 Å². The normalized spacial score (nSPS) is 13.4. The summed E-state index contributed by atoms with van der Waals surface area (Å²) in [5, 5.41) is 14.3. The molecule has 2 heteroatoms. The SMILES string of the molecule is CC1(C)c2ccc(-c3cc4ccccc4c4c3oc3c4ccc4c5ccccc5oc43)cc2-c2ccc(-c3c4ccccc4c(-c4cccc5ccccc45)c4ccccc34)cc21. The van der Waals surface area contributed by atoms with E-state index in [1.807, 2.05) is 12.1 Å². The molecule has 294 valence electrons. The Balaban J connectivity index is 0.966. The molecule has 1 aliphatic rings. The molecule has 1 aliphatic carbocycles. The molecule has 0 fully saturated rings. The zero-order valence-electron chi connectivity index (χ0n) is 34.8. The van der Waals surface area contributed by atoms with Crippen LogP contribution in [0.25, 0.3) is 131 Å². The van der Waals surface area contributed by atoms with Gasteiger partial charge >= 0.3 is 0 Å². The third-order valence-corrected chi connectivity index (χ3v) is 14.2. The molecule has 2 nitrogen and oxygen atoms in total. The van der Waals surface area contributed by atoms with Gasteiger partial charge in [-0.2, -0.15) is 0 Å². The third kappa shape index (κ3) is 4.73. The van der Waals surface area contributed by atoms with Crippen LogP contribution in [0, 0.1) is 0 Å². The highest BCUT2D eigenvalue weighted by Gasteiger charge is 2.36. The smallest absolute Gasteiger partial charge is 0.178 e. The van der Waals surface area contributed by atoms with Gasteiger partial charge in [0, 0.05) is 32.5 Å². The minimum atomic E-state index is -0.210. The molecule has 63 heavy (non-hydrogen) atoms. The average molecular weight is 803 g/mol. The summed E-state index contributed by atoms with van der Waals surface area (Å²) in [5.74, 6) is 0. The predicted octanol–water partition coefficient (Wildman–Crippen LogP) is 17.4. The molecule has 0 spiro atoms. The van der Waals surface area contributed by atoms with E-state index >= 15 is 0 Å². The molecule has 2 aromatic heterocycles. The first-order valence-corrected chi connectivity index (χ1v) is 21.9. The van der Waals surface area contributed by atoms with E-state index in [1.165, 1.54) is 87.6 Å². The molecule has 0 bridgehead atoms. The zero-order chi connectivity index (χ0) is 41.6. The van der Waals surface area contributed by atoms with Gasteiger partial charge in [-0.25, -0.2) is 0 Å². The molecule has 11 aromatic carbocycles. The van der Waals surface area contributed by atoms with Gasteiger partial charge in [0.2, 0.25) is 0 Å². The Bertz CT molecular complexity index is 4060. The summed E-state index contributed by atoms with van der Waals surface area (Å²) in [5.41, 5.74) is 15.7. The molecule has 0 saturated heterocycles. The average Bonchev–Trinajstić information content (AvgIpc) is 3.98. The lowest BCUT2D eigenvalue weighted by Crippen LogP contribution is -2.15. The van der Waals surface area contributed by atoms with Crippen molar-refractivity contribution in [1.29, 1.82) is 0 Å². The Morgan fingerprint density at radius 3 is 1.70 bits per heavy atom. The molecule has 14 rings (SSSR count). The van der Waals surface area contributed by atoms with Gasteiger partial charge in [-0.3, -0.25) is 0 Å². The fraction of sp³-hybridized carbons (Fsp3) is 0.0492. The monoisotopic (exact) mass is 802 g/mol. The molecule has 2 heterocycles. The summed E-state index contributed by atoms with van der Waals surface area (Å²) in [6.07, 6.45) is 0. The Hall–Kier alpha value is -7.94. The number of fused-ring (bicyclic) bond motifs is 15. The van der Waals surface area contributed by atoms with Gasteiger partial charge in [0.25, 0.3) is 0 Å². The fourth-order valence-electron chi connectivity index (χ4n) is 11.3. The number of furan rings is 2. The van der Waals surface area contributed by atoms with E-state index in [1.54, 1.807) is 0 Å². The Kier molecular flexibility index (Phi) is 6.93. The molecular formula is C61H38O2. The van der Waals surface area contributed by atoms with Crippen LogP contribution < -0.4 is 0 Å². The van der Waals surface area contributed by atoms with E-state index in [0.717, 1.165) is 55.0 Å². The van der Waals surface area contributed by atoms with Gasteiger partial charge in [0.15, 0.2) is 11.2 Å². The quantitative estimate of drug-likeness (QED) is 0.166. The second-order valence-corrected chi connectivity index (χ2v) is 17.9. The van der Waals surface area contributed by atoms with Crippen molar-refractivity contribution in [3.05, 3.63) is 205 Å². The van der Waals surface area contributed by atoms with E-state index in [-0.39, 0.29) is 5.41 Å². The molecule has 0 saturated carbocycles. The number of para-hydroxylation sites is 1. The van der Waals surface area contributed by atoms with E-state index in [4.69, 9.17) is 8.83 Å². The lowest BCUT2D eigenvalue weighted by Gasteiger charge is -2.23. The van der Waals surface area contributed by atoms with Crippen LogP contribution in [0.1, 0.15) is 25.0 Å². The summed E-state index contributed by atoms with van der Waals surface area (Å²) < 4.78 is 13.5. The third-order valence-electron chi connectivity index (χ3n) is 14.2. The van der Waals surface area contributed by atoms with E-state index < -0.39 is 0 Å². The predicted molar refractivity (Wildman–Crippen MR) is 265 cm³/mol. The van der Waals surface area contributed by atoms with Crippen LogP contribution in [-0.4, -0.2) is 0 Å². The summed E-state index contributed by atoms with van der Waals surface area (Å²) in [6, 6.07) is 71.3. The van der Waals surface area contributed by atoms with Crippen LogP contribution in [0.4, 0.5) is 0 Å². The van der Waals surface area contributed by atoms with Gasteiger partial charge < -0.3 is 8.83 Å². The second-order valence-electron chi connectivity index (χ2n) is 17.9. The van der Waals surface area contributed by atoms with Gasteiger partial charge in [-0.05, 0) is 130 Å². The molecule has 13 aromatic rings. The Labute approximate surface area is 363 Å². The summed E-state index contributed by atoms with van der Waals surface area (Å²) in [6.45, 7) is 4.76. The van der Waals surface area contributed by atoms with Crippen LogP contribution in [0.2, 0.25) is 0 Å². The number of benzene rings is 11. The first-order valence-electron chi connectivity index (χ1n) is 21.9. The van der Waals surface area contributed by atoms with Crippen LogP contribution in [0.3, 0.4) is 0 Å². The van der Waals surface area contributed by atoms with Crippen LogP contribution in [0.15, 0.2) is 203 Å². The van der Waals surface area contributed by atoms with Crippen LogP contribution >= 0.6 is 0 Å². The first kappa shape index (κ1) is 34.7. The molecular weight excluding hydrogens is 765 g/mol. The number of rotatable bonds is 3. The molecule has 0 radical (unpaired) electrons. The zero-order valence-corrected chi connectivity index (χ0v) is 34.8. The van der Waals surface area contributed by atoms with Crippen molar-refractivity contribution < 1.29 is 8.83 Å². The van der Waals surface area contributed by atoms with Gasteiger partial charge in [0.05, 0.1) is 0 Å². The van der Waals surface area contributed by atoms with Gasteiger partial charge in [-0.1, -0.05) is 172 Å².